The fourth-order valence-corrected chi connectivity index (χ4v) is 5.34. The maximum absolute atomic E-state index is 12.9. The van der Waals surface area contributed by atoms with Gasteiger partial charge in [0.2, 0.25) is 11.8 Å². The SMILES string of the molecule is Cc1cc(C=CC(=O)N2CCN(Cc3ccc(C=CCO)cc3)CC2)cc(Cl)c1Oc1ccc(OCc2ccc(C#N)cc2)cn1. The molecule has 1 fully saturated rings. The Morgan fingerprint density at radius 1 is 0.978 bits per heavy atom. The molecule has 1 N–H and O–H groups in total. The molecule has 1 aromatic heterocycles. The van der Waals surface area contributed by atoms with Crippen LogP contribution >= 0.6 is 11.6 Å². The zero-order valence-electron chi connectivity index (χ0n) is 25.6. The van der Waals surface area contributed by atoms with Crippen molar-refractivity contribution in [1.29, 1.82) is 5.26 Å². The number of piperazine rings is 1. The van der Waals surface area contributed by atoms with Crippen LogP contribution in [-0.4, -0.2) is 58.6 Å². The third kappa shape index (κ3) is 9.05. The molecule has 4 aromatic rings. The Kier molecular flexibility index (Phi) is 11.2. The summed E-state index contributed by atoms with van der Waals surface area (Å²) < 4.78 is 11.8. The third-order valence-electron chi connectivity index (χ3n) is 7.56. The number of amides is 1. The predicted octanol–water partition coefficient (Wildman–Crippen LogP) is 6.65. The van der Waals surface area contributed by atoms with Crippen LogP contribution in [0, 0.1) is 18.3 Å². The van der Waals surface area contributed by atoms with Gasteiger partial charge in [0.25, 0.3) is 0 Å². The summed E-state index contributed by atoms with van der Waals surface area (Å²) in [6.07, 6.45) is 8.58. The minimum absolute atomic E-state index is 0.0283. The number of aliphatic hydroxyl groups excluding tert-OH is 1. The molecule has 1 saturated heterocycles. The van der Waals surface area contributed by atoms with E-state index >= 15 is 0 Å². The molecule has 0 unspecified atom stereocenters. The highest BCUT2D eigenvalue weighted by Crippen LogP contribution is 2.34. The molecule has 0 aliphatic carbocycles. The topological polar surface area (TPSA) is 98.9 Å². The van der Waals surface area contributed by atoms with Gasteiger partial charge in [-0.3, -0.25) is 9.69 Å². The number of benzene rings is 3. The van der Waals surface area contributed by atoms with E-state index in [2.05, 4.69) is 28.1 Å². The number of rotatable bonds is 11. The van der Waals surface area contributed by atoms with E-state index in [4.69, 9.17) is 31.4 Å². The minimum Gasteiger partial charge on any atom is -0.487 e. The summed E-state index contributed by atoms with van der Waals surface area (Å²) in [5.41, 5.74) is 5.45. The standard InChI is InChI=1S/C37H35ClN4O4/c1-27-21-32(12-15-36(44)42-18-16-41(17-19-42)25-30-8-4-28(5-9-30)3-2-20-43)22-34(38)37(27)46-35-14-13-33(24-40-35)45-26-31-10-6-29(23-39)7-11-31/h2-15,21-22,24,43H,16-20,25-26H2,1H3. The first-order valence-electron chi connectivity index (χ1n) is 15.0. The summed E-state index contributed by atoms with van der Waals surface area (Å²) in [4.78, 5) is 21.5. The van der Waals surface area contributed by atoms with Gasteiger partial charge in [0.15, 0.2) is 5.75 Å². The number of aryl methyl sites for hydroxylation is 1. The van der Waals surface area contributed by atoms with E-state index in [1.165, 1.54) is 5.56 Å². The van der Waals surface area contributed by atoms with Crippen molar-refractivity contribution in [1.82, 2.24) is 14.8 Å². The normalized spacial score (nSPS) is 13.7. The maximum Gasteiger partial charge on any atom is 0.246 e. The van der Waals surface area contributed by atoms with E-state index in [1.807, 2.05) is 48.2 Å². The van der Waals surface area contributed by atoms with Crippen LogP contribution < -0.4 is 9.47 Å². The molecule has 5 rings (SSSR count). The molecule has 0 saturated carbocycles. The number of nitriles is 1. The van der Waals surface area contributed by atoms with Crippen LogP contribution in [0.4, 0.5) is 0 Å². The van der Waals surface area contributed by atoms with Crippen molar-refractivity contribution in [3.05, 3.63) is 130 Å². The molecular weight excluding hydrogens is 600 g/mol. The molecule has 8 nitrogen and oxygen atoms in total. The molecule has 1 aliphatic heterocycles. The summed E-state index contributed by atoms with van der Waals surface area (Å²) in [5.74, 6) is 1.43. The Hall–Kier alpha value is -4.94. The van der Waals surface area contributed by atoms with Crippen LogP contribution in [0.2, 0.25) is 5.02 Å². The second-order valence-electron chi connectivity index (χ2n) is 10.9. The smallest absolute Gasteiger partial charge is 0.246 e. The van der Waals surface area contributed by atoms with Gasteiger partial charge in [-0.05, 0) is 71.1 Å². The average Bonchev–Trinajstić information content (AvgIpc) is 3.08. The Labute approximate surface area is 274 Å². The van der Waals surface area contributed by atoms with Gasteiger partial charge in [-0.1, -0.05) is 60.2 Å². The van der Waals surface area contributed by atoms with Gasteiger partial charge in [0.05, 0.1) is 29.5 Å². The molecule has 1 amide bonds. The monoisotopic (exact) mass is 634 g/mol. The summed E-state index contributed by atoms with van der Waals surface area (Å²) in [6.45, 7) is 6.06. The minimum atomic E-state index is -0.0283. The van der Waals surface area contributed by atoms with Gasteiger partial charge in [-0.2, -0.15) is 5.26 Å². The van der Waals surface area contributed by atoms with E-state index in [0.717, 1.165) is 41.9 Å². The Balaban J connectivity index is 1.10. The Bertz CT molecular complexity index is 1700. The van der Waals surface area contributed by atoms with Crippen LogP contribution in [0.15, 0.2) is 91.1 Å². The lowest BCUT2D eigenvalue weighted by molar-refractivity contribution is -0.127. The van der Waals surface area contributed by atoms with E-state index in [-0.39, 0.29) is 12.5 Å². The molecule has 9 heteroatoms. The maximum atomic E-state index is 12.9. The number of hydrogen-bond acceptors (Lipinski definition) is 7. The van der Waals surface area contributed by atoms with Crippen LogP contribution in [0.3, 0.4) is 0 Å². The number of ether oxygens (including phenoxy) is 2. The van der Waals surface area contributed by atoms with Crippen molar-refractivity contribution in [2.24, 2.45) is 0 Å². The number of hydrogen-bond donors (Lipinski definition) is 1. The van der Waals surface area contributed by atoms with Crippen molar-refractivity contribution < 1.29 is 19.4 Å². The molecule has 0 spiro atoms. The first kappa shape index (κ1) is 32.5. The van der Waals surface area contributed by atoms with Gasteiger partial charge in [0, 0.05) is 44.9 Å². The second kappa shape index (κ2) is 15.9. The van der Waals surface area contributed by atoms with Gasteiger partial charge >= 0.3 is 0 Å². The van der Waals surface area contributed by atoms with Crippen molar-refractivity contribution in [3.8, 4) is 23.4 Å². The number of nitrogens with zero attached hydrogens (tertiary/aromatic N) is 4. The van der Waals surface area contributed by atoms with Crippen LogP contribution in [0.1, 0.15) is 33.4 Å². The number of carbonyl (C=O) groups excluding carboxylic acids is 1. The predicted molar refractivity (Wildman–Crippen MR) is 179 cm³/mol. The number of carbonyl (C=O) groups is 1. The average molecular weight is 635 g/mol. The molecule has 0 radical (unpaired) electrons. The Morgan fingerprint density at radius 2 is 1.72 bits per heavy atom. The molecule has 0 bridgehead atoms. The van der Waals surface area contributed by atoms with E-state index < -0.39 is 0 Å². The zero-order chi connectivity index (χ0) is 32.3. The lowest BCUT2D eigenvalue weighted by atomic mass is 10.1. The fraction of sp³-hybridized carbons (Fsp3) is 0.216. The fourth-order valence-electron chi connectivity index (χ4n) is 5.02. The van der Waals surface area contributed by atoms with Crippen LogP contribution in [-0.2, 0) is 17.9 Å². The first-order chi connectivity index (χ1) is 22.4. The van der Waals surface area contributed by atoms with Crippen molar-refractivity contribution in [3.63, 3.8) is 0 Å². The highest BCUT2D eigenvalue weighted by molar-refractivity contribution is 6.32. The second-order valence-corrected chi connectivity index (χ2v) is 11.3. The molecule has 2 heterocycles. The summed E-state index contributed by atoms with van der Waals surface area (Å²) in [6, 6.07) is 24.8. The lowest BCUT2D eigenvalue weighted by Crippen LogP contribution is -2.47. The van der Waals surface area contributed by atoms with E-state index in [1.54, 1.807) is 54.8 Å². The molecule has 234 valence electrons. The highest BCUT2D eigenvalue weighted by Gasteiger charge is 2.20. The molecular formula is C37H35ClN4O4. The highest BCUT2D eigenvalue weighted by atomic mass is 35.5. The van der Waals surface area contributed by atoms with Crippen molar-refractivity contribution in [2.45, 2.75) is 20.1 Å². The Morgan fingerprint density at radius 3 is 2.37 bits per heavy atom. The number of pyridine rings is 1. The summed E-state index contributed by atoms with van der Waals surface area (Å²) >= 11 is 6.59. The van der Waals surface area contributed by atoms with Gasteiger partial charge in [0.1, 0.15) is 12.4 Å². The summed E-state index contributed by atoms with van der Waals surface area (Å²) in [7, 11) is 0. The van der Waals surface area contributed by atoms with Gasteiger partial charge in [-0.15, -0.1) is 0 Å². The molecule has 46 heavy (non-hydrogen) atoms. The molecule has 3 aromatic carbocycles. The molecule has 1 aliphatic rings. The number of halogens is 1. The largest absolute Gasteiger partial charge is 0.487 e. The van der Waals surface area contributed by atoms with Gasteiger partial charge < -0.3 is 19.5 Å². The summed E-state index contributed by atoms with van der Waals surface area (Å²) in [5, 5.41) is 18.3. The quantitative estimate of drug-likeness (QED) is 0.184. The molecule has 0 atom stereocenters. The zero-order valence-corrected chi connectivity index (χ0v) is 26.4. The van der Waals surface area contributed by atoms with Gasteiger partial charge in [-0.25, -0.2) is 4.98 Å². The van der Waals surface area contributed by atoms with Crippen molar-refractivity contribution in [2.75, 3.05) is 32.8 Å². The van der Waals surface area contributed by atoms with E-state index in [0.29, 0.717) is 47.7 Å². The van der Waals surface area contributed by atoms with E-state index in [9.17, 15) is 4.79 Å². The lowest BCUT2D eigenvalue weighted by Gasteiger charge is -2.34. The third-order valence-corrected chi connectivity index (χ3v) is 7.84. The van der Waals surface area contributed by atoms with Crippen LogP contribution in [0.5, 0.6) is 17.4 Å². The van der Waals surface area contributed by atoms with Crippen LogP contribution in [0.25, 0.3) is 12.2 Å². The number of aliphatic hydroxyl groups is 1. The van der Waals surface area contributed by atoms with Crippen molar-refractivity contribution >= 4 is 29.7 Å². The number of aromatic nitrogens is 1. The first-order valence-corrected chi connectivity index (χ1v) is 15.4.